The number of ether oxygens (including phenoxy) is 1. The van der Waals surface area contributed by atoms with E-state index in [0.717, 1.165) is 0 Å². The summed E-state index contributed by atoms with van der Waals surface area (Å²) in [6.07, 6.45) is 2.83. The number of carbonyl (C=O) groups is 1. The predicted molar refractivity (Wildman–Crippen MR) is 60.8 cm³/mol. The lowest BCUT2D eigenvalue weighted by Gasteiger charge is -2.17. The third-order valence-corrected chi connectivity index (χ3v) is 2.26. The highest BCUT2D eigenvalue weighted by Gasteiger charge is 2.17. The molecule has 0 aliphatic rings. The second-order valence-corrected chi connectivity index (χ2v) is 3.37. The SMILES string of the molecule is COC(=O)CCN(C)c1ccncc1[N+](=O)[O-]. The first kappa shape index (κ1) is 12.9. The van der Waals surface area contributed by atoms with Crippen LogP contribution in [0.25, 0.3) is 0 Å². The molecule has 0 bridgehead atoms. The van der Waals surface area contributed by atoms with Crippen molar-refractivity contribution < 1.29 is 14.5 Å². The van der Waals surface area contributed by atoms with Gasteiger partial charge in [-0.25, -0.2) is 0 Å². The molecule has 0 aliphatic heterocycles. The van der Waals surface area contributed by atoms with Gasteiger partial charge in [-0.1, -0.05) is 0 Å². The highest BCUT2D eigenvalue weighted by atomic mass is 16.6. The van der Waals surface area contributed by atoms with Crippen molar-refractivity contribution in [1.29, 1.82) is 0 Å². The molecule has 1 aromatic rings. The van der Waals surface area contributed by atoms with Crippen LogP contribution in [0.3, 0.4) is 0 Å². The number of hydrogen-bond donors (Lipinski definition) is 0. The van der Waals surface area contributed by atoms with Crippen LogP contribution < -0.4 is 4.90 Å². The maximum atomic E-state index is 11.0. The van der Waals surface area contributed by atoms with E-state index >= 15 is 0 Å². The van der Waals surface area contributed by atoms with Gasteiger partial charge < -0.3 is 9.64 Å². The molecule has 17 heavy (non-hydrogen) atoms. The van der Waals surface area contributed by atoms with Crippen LogP contribution in [0.15, 0.2) is 18.5 Å². The summed E-state index contributed by atoms with van der Waals surface area (Å²) in [4.78, 5) is 26.6. The summed E-state index contributed by atoms with van der Waals surface area (Å²) in [5.74, 6) is -0.353. The standard InChI is InChI=1S/C10H13N3O4/c1-12(6-4-10(14)17-2)8-3-5-11-7-9(8)13(15)16/h3,5,7H,4,6H2,1-2H3. The summed E-state index contributed by atoms with van der Waals surface area (Å²) >= 11 is 0. The van der Waals surface area contributed by atoms with Gasteiger partial charge in [-0.15, -0.1) is 0 Å². The maximum Gasteiger partial charge on any atom is 0.310 e. The number of carbonyl (C=O) groups excluding carboxylic acids is 1. The van der Waals surface area contributed by atoms with E-state index in [1.807, 2.05) is 0 Å². The average Bonchev–Trinajstić information content (AvgIpc) is 2.35. The molecule has 0 radical (unpaired) electrons. The molecule has 1 rings (SSSR count). The van der Waals surface area contributed by atoms with Gasteiger partial charge in [0.15, 0.2) is 0 Å². The molecule has 0 saturated heterocycles. The van der Waals surface area contributed by atoms with Gasteiger partial charge in [-0.05, 0) is 6.07 Å². The van der Waals surface area contributed by atoms with E-state index in [0.29, 0.717) is 12.2 Å². The average molecular weight is 239 g/mol. The van der Waals surface area contributed by atoms with Gasteiger partial charge in [-0.3, -0.25) is 19.9 Å². The normalized spacial score (nSPS) is 9.76. The molecule has 0 aromatic carbocycles. The van der Waals surface area contributed by atoms with Crippen molar-refractivity contribution in [3.05, 3.63) is 28.6 Å². The Kier molecular flexibility index (Phi) is 4.38. The first-order valence-electron chi connectivity index (χ1n) is 4.92. The predicted octanol–water partition coefficient (Wildman–Crippen LogP) is 0.989. The fraction of sp³-hybridized carbons (Fsp3) is 0.400. The van der Waals surface area contributed by atoms with Crippen molar-refractivity contribution in [1.82, 2.24) is 4.98 Å². The van der Waals surface area contributed by atoms with Gasteiger partial charge in [0, 0.05) is 19.8 Å². The Bertz CT molecular complexity index is 422. The zero-order valence-corrected chi connectivity index (χ0v) is 9.62. The van der Waals surface area contributed by atoms with E-state index in [-0.39, 0.29) is 18.1 Å². The van der Waals surface area contributed by atoms with Crippen LogP contribution >= 0.6 is 0 Å². The third kappa shape index (κ3) is 3.40. The Morgan fingerprint density at radius 2 is 2.35 bits per heavy atom. The van der Waals surface area contributed by atoms with Crippen LogP contribution in [0, 0.1) is 10.1 Å². The minimum absolute atomic E-state index is 0.0835. The molecule has 0 fully saturated rings. The van der Waals surface area contributed by atoms with Crippen molar-refractivity contribution in [3.63, 3.8) is 0 Å². The van der Waals surface area contributed by atoms with Crippen LogP contribution in [0.2, 0.25) is 0 Å². The number of esters is 1. The van der Waals surface area contributed by atoms with E-state index in [1.54, 1.807) is 11.9 Å². The zero-order valence-electron chi connectivity index (χ0n) is 9.62. The van der Waals surface area contributed by atoms with Crippen molar-refractivity contribution in [2.75, 3.05) is 25.6 Å². The second-order valence-electron chi connectivity index (χ2n) is 3.37. The Morgan fingerprint density at radius 1 is 1.65 bits per heavy atom. The number of rotatable bonds is 5. The zero-order chi connectivity index (χ0) is 12.8. The number of hydrogen-bond acceptors (Lipinski definition) is 6. The molecule has 0 aliphatic carbocycles. The molecule has 0 N–H and O–H groups in total. The topological polar surface area (TPSA) is 85.6 Å². The number of methoxy groups -OCH3 is 1. The molecular weight excluding hydrogens is 226 g/mol. The molecule has 0 spiro atoms. The largest absolute Gasteiger partial charge is 0.469 e. The second kappa shape index (κ2) is 5.78. The Morgan fingerprint density at radius 3 is 2.94 bits per heavy atom. The van der Waals surface area contributed by atoms with E-state index in [4.69, 9.17) is 0 Å². The smallest absolute Gasteiger partial charge is 0.310 e. The molecule has 0 saturated carbocycles. The van der Waals surface area contributed by atoms with E-state index in [9.17, 15) is 14.9 Å². The Balaban J connectivity index is 2.78. The minimum atomic E-state index is -0.503. The van der Waals surface area contributed by atoms with E-state index in [2.05, 4.69) is 9.72 Å². The van der Waals surface area contributed by atoms with Gasteiger partial charge in [-0.2, -0.15) is 0 Å². The summed E-state index contributed by atoms with van der Waals surface area (Å²) in [5, 5.41) is 10.8. The fourth-order valence-electron chi connectivity index (χ4n) is 1.32. The molecule has 92 valence electrons. The summed E-state index contributed by atoms with van der Waals surface area (Å²) < 4.78 is 4.50. The van der Waals surface area contributed by atoms with E-state index < -0.39 is 4.92 Å². The molecule has 7 heteroatoms. The first-order valence-corrected chi connectivity index (χ1v) is 4.92. The Hall–Kier alpha value is -2.18. The number of nitrogens with zero attached hydrogens (tertiary/aromatic N) is 3. The minimum Gasteiger partial charge on any atom is -0.469 e. The monoisotopic (exact) mass is 239 g/mol. The lowest BCUT2D eigenvalue weighted by atomic mass is 10.3. The molecule has 0 atom stereocenters. The fourth-order valence-corrected chi connectivity index (χ4v) is 1.32. The third-order valence-electron chi connectivity index (χ3n) is 2.26. The quantitative estimate of drug-likeness (QED) is 0.432. The van der Waals surface area contributed by atoms with Crippen LogP contribution in [0.5, 0.6) is 0 Å². The summed E-state index contributed by atoms with van der Waals surface area (Å²) in [5.41, 5.74) is 0.341. The van der Waals surface area contributed by atoms with E-state index in [1.165, 1.54) is 25.6 Å². The molecule has 0 amide bonds. The maximum absolute atomic E-state index is 11.0. The first-order chi connectivity index (χ1) is 8.06. The van der Waals surface area contributed by atoms with Gasteiger partial charge in [0.05, 0.1) is 18.5 Å². The van der Waals surface area contributed by atoms with Crippen LogP contribution in [-0.4, -0.2) is 36.6 Å². The lowest BCUT2D eigenvalue weighted by molar-refractivity contribution is -0.384. The number of nitro groups is 1. The molecule has 7 nitrogen and oxygen atoms in total. The highest BCUT2D eigenvalue weighted by molar-refractivity contribution is 5.70. The van der Waals surface area contributed by atoms with Crippen molar-refractivity contribution in [3.8, 4) is 0 Å². The van der Waals surface area contributed by atoms with Crippen molar-refractivity contribution >= 4 is 17.3 Å². The summed E-state index contributed by atoms with van der Waals surface area (Å²) in [7, 11) is 2.97. The lowest BCUT2D eigenvalue weighted by Crippen LogP contribution is -2.22. The van der Waals surface area contributed by atoms with Gasteiger partial charge in [0.2, 0.25) is 0 Å². The van der Waals surface area contributed by atoms with Crippen LogP contribution in [0.4, 0.5) is 11.4 Å². The van der Waals surface area contributed by atoms with Gasteiger partial charge in [0.1, 0.15) is 11.9 Å². The van der Waals surface area contributed by atoms with Crippen molar-refractivity contribution in [2.24, 2.45) is 0 Å². The summed E-state index contributed by atoms with van der Waals surface area (Å²) in [6.45, 7) is 0.345. The molecule has 1 heterocycles. The van der Waals surface area contributed by atoms with Gasteiger partial charge in [0.25, 0.3) is 0 Å². The highest BCUT2D eigenvalue weighted by Crippen LogP contribution is 2.25. The molecule has 1 aromatic heterocycles. The number of aromatic nitrogens is 1. The van der Waals surface area contributed by atoms with Crippen LogP contribution in [0.1, 0.15) is 6.42 Å². The molecular formula is C10H13N3O4. The number of pyridine rings is 1. The molecule has 0 unspecified atom stereocenters. The van der Waals surface area contributed by atoms with Crippen molar-refractivity contribution in [2.45, 2.75) is 6.42 Å². The van der Waals surface area contributed by atoms with Crippen LogP contribution in [-0.2, 0) is 9.53 Å². The Labute approximate surface area is 98.2 Å². The van der Waals surface area contributed by atoms with Gasteiger partial charge >= 0.3 is 11.7 Å². The summed E-state index contributed by atoms with van der Waals surface area (Å²) in [6, 6.07) is 1.54. The number of anilines is 1.